The molecule has 6 heteroatoms. The van der Waals surface area contributed by atoms with E-state index in [1.807, 2.05) is 0 Å². The van der Waals surface area contributed by atoms with Crippen LogP contribution in [0.2, 0.25) is 10.0 Å². The smallest absolute Gasteiger partial charge is 0.258 e. The maximum Gasteiger partial charge on any atom is 0.258 e. The Bertz CT molecular complexity index is 662. The number of amides is 1. The Kier molecular flexibility index (Phi) is 5.63. The summed E-state index contributed by atoms with van der Waals surface area (Å²) in [5.74, 6) is -0.284. The minimum absolute atomic E-state index is 0.189. The molecule has 0 aliphatic heterocycles. The summed E-state index contributed by atoms with van der Waals surface area (Å²) in [7, 11) is 0. The molecule has 22 heavy (non-hydrogen) atoms. The first-order valence-electron chi connectivity index (χ1n) is 6.59. The van der Waals surface area contributed by atoms with Crippen LogP contribution in [0.5, 0.6) is 5.75 Å². The normalized spacial score (nSPS) is 11.8. The Morgan fingerprint density at radius 2 is 1.91 bits per heavy atom. The fourth-order valence-corrected chi connectivity index (χ4v) is 2.20. The second-order valence-electron chi connectivity index (χ2n) is 4.68. The second-order valence-corrected chi connectivity index (χ2v) is 5.47. The monoisotopic (exact) mass is 341 g/mol. The third-order valence-corrected chi connectivity index (χ3v) is 3.82. The topological polar surface area (TPSA) is 38.3 Å². The van der Waals surface area contributed by atoms with Crippen LogP contribution in [-0.2, 0) is 4.79 Å². The zero-order chi connectivity index (χ0) is 16.1. The lowest BCUT2D eigenvalue weighted by Gasteiger charge is -2.15. The molecule has 0 radical (unpaired) electrons. The van der Waals surface area contributed by atoms with E-state index in [4.69, 9.17) is 27.9 Å². The molecular weight excluding hydrogens is 328 g/mol. The van der Waals surface area contributed by atoms with Crippen molar-refractivity contribution in [3.63, 3.8) is 0 Å². The molecule has 2 aromatic rings. The number of ether oxygens (including phenoxy) is 1. The zero-order valence-corrected chi connectivity index (χ0v) is 13.3. The fourth-order valence-electron chi connectivity index (χ4n) is 1.86. The Morgan fingerprint density at radius 1 is 1.23 bits per heavy atom. The van der Waals surface area contributed by atoms with Crippen LogP contribution >= 0.6 is 23.2 Å². The van der Waals surface area contributed by atoms with Crippen LogP contribution in [0.1, 0.15) is 18.5 Å². The molecule has 3 nitrogen and oxygen atoms in total. The van der Waals surface area contributed by atoms with Gasteiger partial charge in [-0.25, -0.2) is 4.39 Å². The van der Waals surface area contributed by atoms with Gasteiger partial charge in [0.05, 0.1) is 11.1 Å². The molecule has 0 fully saturated rings. The first-order valence-corrected chi connectivity index (χ1v) is 7.34. The number of carbonyl (C=O) groups excluding carboxylic acids is 1. The SMILES string of the molecule is C[C@@H](NC(=O)COc1cccc(Cl)c1Cl)c1ccc(F)cc1. The van der Waals surface area contributed by atoms with Crippen molar-refractivity contribution in [2.75, 3.05) is 6.61 Å². The van der Waals surface area contributed by atoms with E-state index < -0.39 is 0 Å². The summed E-state index contributed by atoms with van der Waals surface area (Å²) in [6, 6.07) is 10.6. The van der Waals surface area contributed by atoms with Crippen LogP contribution in [0.4, 0.5) is 4.39 Å². The molecule has 0 saturated carbocycles. The summed E-state index contributed by atoms with van der Waals surface area (Å²) in [5.41, 5.74) is 0.801. The maximum absolute atomic E-state index is 12.9. The number of benzene rings is 2. The minimum atomic E-state index is -0.318. The van der Waals surface area contributed by atoms with E-state index in [1.165, 1.54) is 12.1 Å². The van der Waals surface area contributed by atoms with Crippen molar-refractivity contribution in [1.82, 2.24) is 5.32 Å². The fraction of sp³-hybridized carbons (Fsp3) is 0.188. The van der Waals surface area contributed by atoms with Gasteiger partial charge in [0.1, 0.15) is 16.6 Å². The molecule has 2 rings (SSSR count). The van der Waals surface area contributed by atoms with E-state index in [2.05, 4.69) is 5.32 Å². The van der Waals surface area contributed by atoms with Gasteiger partial charge in [0.15, 0.2) is 6.61 Å². The van der Waals surface area contributed by atoms with Gasteiger partial charge in [0, 0.05) is 0 Å². The summed E-state index contributed by atoms with van der Waals surface area (Å²) in [6.07, 6.45) is 0. The molecule has 0 heterocycles. The molecule has 1 N–H and O–H groups in total. The number of hydrogen-bond donors (Lipinski definition) is 1. The van der Waals surface area contributed by atoms with Gasteiger partial charge < -0.3 is 10.1 Å². The van der Waals surface area contributed by atoms with Crippen molar-refractivity contribution in [1.29, 1.82) is 0 Å². The average molecular weight is 342 g/mol. The zero-order valence-electron chi connectivity index (χ0n) is 11.8. The highest BCUT2D eigenvalue weighted by molar-refractivity contribution is 6.42. The first-order chi connectivity index (χ1) is 10.5. The molecule has 1 amide bonds. The number of nitrogens with one attached hydrogen (secondary N) is 1. The van der Waals surface area contributed by atoms with Gasteiger partial charge in [-0.2, -0.15) is 0 Å². The van der Waals surface area contributed by atoms with E-state index in [1.54, 1.807) is 37.3 Å². The molecule has 0 aliphatic rings. The van der Waals surface area contributed by atoms with Crippen molar-refractivity contribution in [2.24, 2.45) is 0 Å². The largest absolute Gasteiger partial charge is 0.482 e. The van der Waals surface area contributed by atoms with E-state index in [9.17, 15) is 9.18 Å². The Hall–Kier alpha value is -1.78. The highest BCUT2D eigenvalue weighted by Crippen LogP contribution is 2.31. The van der Waals surface area contributed by atoms with Crippen LogP contribution in [0.25, 0.3) is 0 Å². The van der Waals surface area contributed by atoms with E-state index in [-0.39, 0.29) is 29.4 Å². The van der Waals surface area contributed by atoms with Crippen LogP contribution in [-0.4, -0.2) is 12.5 Å². The Labute approximate surface area is 138 Å². The molecule has 0 aliphatic carbocycles. The maximum atomic E-state index is 12.9. The van der Waals surface area contributed by atoms with Crippen LogP contribution in [0.3, 0.4) is 0 Å². The van der Waals surface area contributed by atoms with E-state index >= 15 is 0 Å². The number of rotatable bonds is 5. The highest BCUT2D eigenvalue weighted by Gasteiger charge is 2.12. The summed E-state index contributed by atoms with van der Waals surface area (Å²) in [6.45, 7) is 1.61. The Balaban J connectivity index is 1.90. The van der Waals surface area contributed by atoms with Gasteiger partial charge >= 0.3 is 0 Å². The van der Waals surface area contributed by atoms with E-state index in [0.717, 1.165) is 5.56 Å². The molecule has 0 aromatic heterocycles. The van der Waals surface area contributed by atoms with Gasteiger partial charge in [-0.3, -0.25) is 4.79 Å². The van der Waals surface area contributed by atoms with Gasteiger partial charge in [-0.05, 0) is 36.8 Å². The standard InChI is InChI=1S/C16H14Cl2FNO2/c1-10(11-5-7-12(19)8-6-11)20-15(21)9-22-14-4-2-3-13(17)16(14)18/h2-8,10H,9H2,1H3,(H,20,21)/t10-/m1/s1. The lowest BCUT2D eigenvalue weighted by molar-refractivity contribution is -0.123. The molecule has 0 spiro atoms. The second kappa shape index (κ2) is 7.47. The molecule has 0 bridgehead atoms. The average Bonchev–Trinajstić information content (AvgIpc) is 2.49. The minimum Gasteiger partial charge on any atom is -0.482 e. The lowest BCUT2D eigenvalue weighted by Crippen LogP contribution is -2.31. The summed E-state index contributed by atoms with van der Waals surface area (Å²) >= 11 is 11.8. The van der Waals surface area contributed by atoms with Crippen molar-refractivity contribution in [3.05, 3.63) is 63.9 Å². The predicted octanol–water partition coefficient (Wildman–Crippen LogP) is 4.39. The molecular formula is C16H14Cl2FNO2. The van der Waals surface area contributed by atoms with Crippen molar-refractivity contribution in [3.8, 4) is 5.75 Å². The van der Waals surface area contributed by atoms with Crippen LogP contribution in [0, 0.1) is 5.82 Å². The van der Waals surface area contributed by atoms with Crippen molar-refractivity contribution < 1.29 is 13.9 Å². The van der Waals surface area contributed by atoms with Crippen LogP contribution in [0.15, 0.2) is 42.5 Å². The number of halogens is 3. The highest BCUT2D eigenvalue weighted by atomic mass is 35.5. The van der Waals surface area contributed by atoms with Gasteiger partial charge in [0.25, 0.3) is 5.91 Å². The number of hydrogen-bond acceptors (Lipinski definition) is 2. The summed E-state index contributed by atoms with van der Waals surface area (Å²) < 4.78 is 18.2. The summed E-state index contributed by atoms with van der Waals surface area (Å²) in [4.78, 5) is 11.9. The van der Waals surface area contributed by atoms with Crippen LogP contribution < -0.4 is 10.1 Å². The summed E-state index contributed by atoms with van der Waals surface area (Å²) in [5, 5.41) is 3.39. The van der Waals surface area contributed by atoms with Gasteiger partial charge in [-0.15, -0.1) is 0 Å². The van der Waals surface area contributed by atoms with E-state index in [0.29, 0.717) is 10.8 Å². The molecule has 0 saturated heterocycles. The quantitative estimate of drug-likeness (QED) is 0.875. The Morgan fingerprint density at radius 3 is 2.59 bits per heavy atom. The van der Waals surface area contributed by atoms with Gasteiger partial charge in [0.2, 0.25) is 0 Å². The molecule has 116 valence electrons. The molecule has 0 unspecified atom stereocenters. The molecule has 1 atom stereocenters. The lowest BCUT2D eigenvalue weighted by atomic mass is 10.1. The first kappa shape index (κ1) is 16.6. The predicted molar refractivity (Wildman–Crippen MR) is 84.9 cm³/mol. The van der Waals surface area contributed by atoms with Gasteiger partial charge in [-0.1, -0.05) is 41.4 Å². The third kappa shape index (κ3) is 4.36. The van der Waals surface area contributed by atoms with Crippen molar-refractivity contribution in [2.45, 2.75) is 13.0 Å². The molecule has 2 aromatic carbocycles. The third-order valence-electron chi connectivity index (χ3n) is 3.02. The van der Waals surface area contributed by atoms with Crippen molar-refractivity contribution >= 4 is 29.1 Å². The number of carbonyl (C=O) groups is 1.